The number of nitrogens with zero attached hydrogens (tertiary/aromatic N) is 5. The van der Waals surface area contributed by atoms with E-state index in [1.54, 1.807) is 7.11 Å². The third-order valence-corrected chi connectivity index (χ3v) is 5.60. The van der Waals surface area contributed by atoms with Crippen molar-refractivity contribution in [3.05, 3.63) is 47.0 Å². The standard InChI is InChI=1S/C22H35N7O/c1-6-16-7-9-17(10-8-16)19(28(3)4)13-24-22(23-2)25-18-11-12-21-26-20(15-30-5)27-29(21)14-18/h7-10,18-19H,6,11-15H2,1-5H3,(H2,23,24,25). The normalized spacial score (nSPS) is 17.7. The molecule has 2 heterocycles. The summed E-state index contributed by atoms with van der Waals surface area (Å²) in [5.41, 5.74) is 2.66. The zero-order valence-electron chi connectivity index (χ0n) is 18.9. The van der Waals surface area contributed by atoms with Crippen LogP contribution >= 0.6 is 0 Å². The summed E-state index contributed by atoms with van der Waals surface area (Å²) in [7, 11) is 7.71. The second kappa shape index (κ2) is 10.5. The maximum atomic E-state index is 5.15. The van der Waals surface area contributed by atoms with Crippen molar-refractivity contribution in [2.75, 3.05) is 34.8 Å². The van der Waals surface area contributed by atoms with Crippen LogP contribution in [0.15, 0.2) is 29.3 Å². The van der Waals surface area contributed by atoms with E-state index in [9.17, 15) is 0 Å². The van der Waals surface area contributed by atoms with Crippen LogP contribution in [-0.4, -0.2) is 66.5 Å². The highest BCUT2D eigenvalue weighted by atomic mass is 16.5. The number of hydrogen-bond acceptors (Lipinski definition) is 5. The van der Waals surface area contributed by atoms with Gasteiger partial charge in [-0.2, -0.15) is 5.10 Å². The van der Waals surface area contributed by atoms with E-state index in [1.165, 1.54) is 11.1 Å². The van der Waals surface area contributed by atoms with Crippen LogP contribution in [0.2, 0.25) is 0 Å². The summed E-state index contributed by atoms with van der Waals surface area (Å²) in [6, 6.07) is 9.42. The minimum Gasteiger partial charge on any atom is -0.377 e. The lowest BCUT2D eigenvalue weighted by atomic mass is 10.0. The fourth-order valence-corrected chi connectivity index (χ4v) is 3.82. The molecule has 0 radical (unpaired) electrons. The Kier molecular flexibility index (Phi) is 7.81. The Morgan fingerprint density at radius 3 is 2.73 bits per heavy atom. The van der Waals surface area contributed by atoms with E-state index < -0.39 is 0 Å². The van der Waals surface area contributed by atoms with Crippen LogP contribution in [0.4, 0.5) is 0 Å². The summed E-state index contributed by atoms with van der Waals surface area (Å²) in [5.74, 6) is 2.60. The highest BCUT2D eigenvalue weighted by molar-refractivity contribution is 5.80. The molecule has 0 aliphatic carbocycles. The van der Waals surface area contributed by atoms with Gasteiger partial charge in [0.15, 0.2) is 11.8 Å². The zero-order chi connectivity index (χ0) is 21.5. The Morgan fingerprint density at radius 2 is 2.10 bits per heavy atom. The number of aromatic nitrogens is 3. The predicted molar refractivity (Wildman–Crippen MR) is 120 cm³/mol. The van der Waals surface area contributed by atoms with E-state index in [4.69, 9.17) is 4.74 Å². The number of benzene rings is 1. The molecule has 2 unspecified atom stereocenters. The van der Waals surface area contributed by atoms with Gasteiger partial charge < -0.3 is 20.3 Å². The van der Waals surface area contributed by atoms with Crippen LogP contribution in [0.3, 0.4) is 0 Å². The smallest absolute Gasteiger partial charge is 0.191 e. The Hall–Kier alpha value is -2.45. The minimum atomic E-state index is 0.263. The van der Waals surface area contributed by atoms with Gasteiger partial charge in [0.1, 0.15) is 12.4 Å². The SMILES string of the molecule is CCc1ccc(C(CNC(=NC)NC2CCc3nc(COC)nn3C2)N(C)C)cc1. The predicted octanol–water partition coefficient (Wildman–Crippen LogP) is 1.77. The van der Waals surface area contributed by atoms with Gasteiger partial charge in [-0.25, -0.2) is 9.67 Å². The molecule has 30 heavy (non-hydrogen) atoms. The Morgan fingerprint density at radius 1 is 1.33 bits per heavy atom. The molecule has 3 rings (SSSR count). The average Bonchev–Trinajstić information content (AvgIpc) is 3.15. The van der Waals surface area contributed by atoms with E-state index in [-0.39, 0.29) is 12.1 Å². The van der Waals surface area contributed by atoms with E-state index >= 15 is 0 Å². The first-order valence-electron chi connectivity index (χ1n) is 10.7. The Bertz CT molecular complexity index is 829. The molecule has 2 N–H and O–H groups in total. The lowest BCUT2D eigenvalue weighted by Crippen LogP contribution is -2.48. The van der Waals surface area contributed by atoms with Gasteiger partial charge in [-0.05, 0) is 38.1 Å². The number of guanidine groups is 1. The van der Waals surface area contributed by atoms with Crippen molar-refractivity contribution in [2.24, 2.45) is 4.99 Å². The molecule has 8 nitrogen and oxygen atoms in total. The third-order valence-electron chi connectivity index (χ3n) is 5.60. The molecule has 1 aromatic heterocycles. The van der Waals surface area contributed by atoms with Crippen LogP contribution in [0.1, 0.15) is 42.2 Å². The van der Waals surface area contributed by atoms with Gasteiger partial charge in [-0.15, -0.1) is 0 Å². The van der Waals surface area contributed by atoms with Gasteiger partial charge >= 0.3 is 0 Å². The van der Waals surface area contributed by atoms with Crippen LogP contribution in [0.25, 0.3) is 0 Å². The fraction of sp³-hybridized carbons (Fsp3) is 0.591. The van der Waals surface area contributed by atoms with Crippen LogP contribution < -0.4 is 10.6 Å². The molecule has 0 saturated heterocycles. The minimum absolute atomic E-state index is 0.263. The van der Waals surface area contributed by atoms with Crippen molar-refractivity contribution in [1.29, 1.82) is 0 Å². The zero-order valence-corrected chi connectivity index (χ0v) is 18.9. The van der Waals surface area contributed by atoms with Crippen molar-refractivity contribution in [3.63, 3.8) is 0 Å². The largest absolute Gasteiger partial charge is 0.377 e. The van der Waals surface area contributed by atoms with Crippen LogP contribution in [0, 0.1) is 0 Å². The number of rotatable bonds is 8. The molecule has 0 spiro atoms. The van der Waals surface area contributed by atoms with Gasteiger partial charge in [-0.1, -0.05) is 31.2 Å². The van der Waals surface area contributed by atoms with E-state index in [0.29, 0.717) is 6.61 Å². The van der Waals surface area contributed by atoms with Crippen LogP contribution in [-0.2, 0) is 30.7 Å². The first kappa shape index (κ1) is 22.2. The van der Waals surface area contributed by atoms with Crippen LogP contribution in [0.5, 0.6) is 0 Å². The molecule has 8 heteroatoms. The summed E-state index contributed by atoms with van der Waals surface area (Å²) >= 11 is 0. The number of aliphatic imine (C=N–C) groups is 1. The quantitative estimate of drug-likeness (QED) is 0.507. The Labute approximate surface area is 179 Å². The lowest BCUT2D eigenvalue weighted by Gasteiger charge is -2.28. The summed E-state index contributed by atoms with van der Waals surface area (Å²) in [5, 5.41) is 11.6. The summed E-state index contributed by atoms with van der Waals surface area (Å²) in [6.07, 6.45) is 2.96. The van der Waals surface area contributed by atoms with Gasteiger partial charge in [0.2, 0.25) is 0 Å². The molecular formula is C22H35N7O. The third kappa shape index (κ3) is 5.58. The number of likely N-dealkylation sites (N-methyl/N-ethyl adjacent to an activating group) is 1. The molecule has 1 aromatic carbocycles. The number of ether oxygens (including phenoxy) is 1. The number of aryl methyl sites for hydroxylation is 2. The van der Waals surface area contributed by atoms with Gasteiger partial charge in [0.05, 0.1) is 12.6 Å². The molecule has 2 aromatic rings. The monoisotopic (exact) mass is 413 g/mol. The van der Waals surface area contributed by atoms with Crippen molar-refractivity contribution in [1.82, 2.24) is 30.3 Å². The number of hydrogen-bond donors (Lipinski definition) is 2. The van der Waals surface area contributed by atoms with Crippen molar-refractivity contribution in [3.8, 4) is 0 Å². The molecule has 0 amide bonds. The average molecular weight is 414 g/mol. The highest BCUT2D eigenvalue weighted by Gasteiger charge is 2.23. The molecule has 1 aliphatic rings. The van der Waals surface area contributed by atoms with Crippen molar-refractivity contribution >= 4 is 5.96 Å². The summed E-state index contributed by atoms with van der Waals surface area (Å²) < 4.78 is 7.14. The summed E-state index contributed by atoms with van der Waals surface area (Å²) in [6.45, 7) is 4.19. The van der Waals surface area contributed by atoms with E-state index in [0.717, 1.165) is 50.0 Å². The molecule has 164 valence electrons. The van der Waals surface area contributed by atoms with E-state index in [2.05, 4.69) is 75.9 Å². The lowest BCUT2D eigenvalue weighted by molar-refractivity contribution is 0.177. The topological polar surface area (TPSA) is 79.6 Å². The molecule has 0 bridgehead atoms. The van der Waals surface area contributed by atoms with Crippen molar-refractivity contribution in [2.45, 2.75) is 51.4 Å². The maximum Gasteiger partial charge on any atom is 0.191 e. The molecule has 2 atom stereocenters. The van der Waals surface area contributed by atoms with Crippen molar-refractivity contribution < 1.29 is 4.74 Å². The van der Waals surface area contributed by atoms with Gasteiger partial charge in [0.25, 0.3) is 0 Å². The molecular weight excluding hydrogens is 378 g/mol. The number of fused-ring (bicyclic) bond motifs is 1. The Balaban J connectivity index is 1.58. The second-order valence-electron chi connectivity index (χ2n) is 7.97. The molecule has 0 fully saturated rings. The summed E-state index contributed by atoms with van der Waals surface area (Å²) in [4.78, 5) is 11.2. The number of nitrogens with one attached hydrogen (secondary N) is 2. The first-order valence-corrected chi connectivity index (χ1v) is 10.7. The first-order chi connectivity index (χ1) is 14.5. The molecule has 0 saturated carbocycles. The van der Waals surface area contributed by atoms with E-state index in [1.807, 2.05) is 11.7 Å². The molecule has 1 aliphatic heterocycles. The number of methoxy groups -OCH3 is 1. The highest BCUT2D eigenvalue weighted by Crippen LogP contribution is 2.18. The van der Waals surface area contributed by atoms with Gasteiger partial charge in [-0.3, -0.25) is 4.99 Å². The van der Waals surface area contributed by atoms with Gasteiger partial charge in [0, 0.05) is 33.2 Å². The maximum absolute atomic E-state index is 5.15. The fourth-order valence-electron chi connectivity index (χ4n) is 3.82. The second-order valence-corrected chi connectivity index (χ2v) is 7.97.